The molecule has 0 aliphatic heterocycles. The number of benzene rings is 1. The van der Waals surface area contributed by atoms with Crippen molar-refractivity contribution in [2.75, 3.05) is 13.2 Å². The lowest BCUT2D eigenvalue weighted by atomic mass is 10.2. The minimum atomic E-state index is -1.09. The number of carbonyl (C=O) groups is 1. The molecule has 1 rings (SSSR count). The number of carboxylic acid groups (broad SMARTS) is 1. The zero-order valence-corrected chi connectivity index (χ0v) is 9.66. The lowest BCUT2D eigenvalue weighted by Gasteiger charge is -2.11. The van der Waals surface area contributed by atoms with Gasteiger partial charge >= 0.3 is 5.97 Å². The normalized spacial score (nSPS) is 9.47. The summed E-state index contributed by atoms with van der Waals surface area (Å²) in [5.74, 6) is -0.926. The molecule has 7 heteroatoms. The first-order valence-electron chi connectivity index (χ1n) is 4.79. The number of hydroxylamine groups is 1. The predicted molar refractivity (Wildman–Crippen MR) is 64.9 cm³/mol. The van der Waals surface area contributed by atoms with Gasteiger partial charge in [-0.3, -0.25) is 0 Å². The lowest BCUT2D eigenvalue weighted by Crippen LogP contribution is -2.38. The standard InChI is InChI=1S/C10H12N2O4S/c13-6-5-11-10(17)12-16-8-4-2-1-3-7(8)9(14)15/h1-4,13H,5-6H2,(H,14,15)(H2,11,12,17). The first kappa shape index (κ1) is 13.2. The van der Waals surface area contributed by atoms with Gasteiger partial charge in [0.05, 0.1) is 6.61 Å². The van der Waals surface area contributed by atoms with E-state index in [1.165, 1.54) is 12.1 Å². The Bertz CT molecular complexity index is 411. The molecule has 0 saturated heterocycles. The third-order valence-electron chi connectivity index (χ3n) is 1.77. The van der Waals surface area contributed by atoms with Gasteiger partial charge in [-0.2, -0.15) is 5.48 Å². The van der Waals surface area contributed by atoms with Gasteiger partial charge in [-0.25, -0.2) is 4.79 Å². The van der Waals surface area contributed by atoms with Gasteiger partial charge in [0.25, 0.3) is 0 Å². The van der Waals surface area contributed by atoms with Crippen molar-refractivity contribution in [1.29, 1.82) is 0 Å². The largest absolute Gasteiger partial charge is 0.478 e. The fraction of sp³-hybridized carbons (Fsp3) is 0.200. The van der Waals surface area contributed by atoms with Crippen LogP contribution in [0, 0.1) is 0 Å². The van der Waals surface area contributed by atoms with Crippen LogP contribution < -0.4 is 15.6 Å². The van der Waals surface area contributed by atoms with E-state index in [0.717, 1.165) is 0 Å². The molecule has 0 bridgehead atoms. The van der Waals surface area contributed by atoms with E-state index in [-0.39, 0.29) is 29.6 Å². The summed E-state index contributed by atoms with van der Waals surface area (Å²) in [6.07, 6.45) is 0. The molecule has 1 aromatic carbocycles. The highest BCUT2D eigenvalue weighted by Crippen LogP contribution is 2.16. The maximum absolute atomic E-state index is 10.8. The molecule has 0 fully saturated rings. The molecular weight excluding hydrogens is 244 g/mol. The maximum atomic E-state index is 10.8. The molecule has 6 nitrogen and oxygen atoms in total. The molecule has 0 atom stereocenters. The number of aromatic carboxylic acids is 1. The SMILES string of the molecule is O=C(O)c1ccccc1ONC(=S)NCCO. The van der Waals surface area contributed by atoms with E-state index in [2.05, 4.69) is 10.8 Å². The second-order valence-corrected chi connectivity index (χ2v) is 3.39. The molecule has 0 unspecified atom stereocenters. The third-order valence-corrected chi connectivity index (χ3v) is 2.00. The smallest absolute Gasteiger partial charge is 0.339 e. The van der Waals surface area contributed by atoms with Crippen LogP contribution in [-0.4, -0.2) is 34.4 Å². The molecule has 92 valence electrons. The number of aliphatic hydroxyl groups is 1. The van der Waals surface area contributed by atoms with E-state index in [9.17, 15) is 4.79 Å². The Morgan fingerprint density at radius 2 is 2.12 bits per heavy atom. The average Bonchev–Trinajstić information content (AvgIpc) is 2.34. The van der Waals surface area contributed by atoms with Crippen LogP contribution in [-0.2, 0) is 0 Å². The van der Waals surface area contributed by atoms with Crippen molar-refractivity contribution in [2.45, 2.75) is 0 Å². The van der Waals surface area contributed by atoms with Crippen molar-refractivity contribution in [1.82, 2.24) is 10.8 Å². The Morgan fingerprint density at radius 3 is 2.76 bits per heavy atom. The van der Waals surface area contributed by atoms with Crippen LogP contribution in [0.1, 0.15) is 10.4 Å². The fourth-order valence-electron chi connectivity index (χ4n) is 1.04. The minimum absolute atomic E-state index is 0.0324. The van der Waals surface area contributed by atoms with Gasteiger partial charge in [0, 0.05) is 6.54 Å². The molecular formula is C10H12N2O4S. The van der Waals surface area contributed by atoms with Crippen LogP contribution >= 0.6 is 12.2 Å². The number of rotatable bonds is 5. The second-order valence-electron chi connectivity index (χ2n) is 2.98. The summed E-state index contributed by atoms with van der Waals surface area (Å²) in [7, 11) is 0. The fourth-order valence-corrected chi connectivity index (χ4v) is 1.18. The highest BCUT2D eigenvalue weighted by atomic mass is 32.1. The molecule has 0 heterocycles. The highest BCUT2D eigenvalue weighted by Gasteiger charge is 2.10. The summed E-state index contributed by atoms with van der Waals surface area (Å²) in [5, 5.41) is 20.2. The average molecular weight is 256 g/mol. The first-order chi connectivity index (χ1) is 8.15. The predicted octanol–water partition coefficient (Wildman–Crippen LogP) is 0.135. The van der Waals surface area contributed by atoms with E-state index in [1.807, 2.05) is 0 Å². The van der Waals surface area contributed by atoms with Crippen LogP contribution in [0.25, 0.3) is 0 Å². The summed E-state index contributed by atoms with van der Waals surface area (Å²) in [5.41, 5.74) is 2.41. The number of para-hydroxylation sites is 1. The van der Waals surface area contributed by atoms with Crippen molar-refractivity contribution in [3.05, 3.63) is 29.8 Å². The van der Waals surface area contributed by atoms with E-state index in [1.54, 1.807) is 12.1 Å². The molecule has 1 aromatic rings. The second kappa shape index (κ2) is 6.66. The van der Waals surface area contributed by atoms with E-state index in [4.69, 9.17) is 27.3 Å². The van der Waals surface area contributed by atoms with Crippen LogP contribution in [0.4, 0.5) is 0 Å². The third kappa shape index (κ3) is 4.25. The number of aliphatic hydroxyl groups excluding tert-OH is 1. The maximum Gasteiger partial charge on any atom is 0.339 e. The molecule has 0 aliphatic rings. The Kier molecular flexibility index (Phi) is 5.18. The quantitative estimate of drug-likeness (QED) is 0.440. The summed E-state index contributed by atoms with van der Waals surface area (Å²) in [6, 6.07) is 6.17. The zero-order chi connectivity index (χ0) is 12.7. The number of nitrogens with one attached hydrogen (secondary N) is 2. The van der Waals surface area contributed by atoms with Crippen LogP contribution in [0.3, 0.4) is 0 Å². The van der Waals surface area contributed by atoms with Crippen molar-refractivity contribution in [3.63, 3.8) is 0 Å². The summed E-state index contributed by atoms with van der Waals surface area (Å²) in [4.78, 5) is 15.9. The van der Waals surface area contributed by atoms with Gasteiger partial charge in [0.15, 0.2) is 10.9 Å². The molecule has 17 heavy (non-hydrogen) atoms. The number of carboxylic acids is 1. The Morgan fingerprint density at radius 1 is 1.41 bits per heavy atom. The van der Waals surface area contributed by atoms with E-state index in [0.29, 0.717) is 0 Å². The van der Waals surface area contributed by atoms with Crippen molar-refractivity contribution in [2.24, 2.45) is 0 Å². The summed E-state index contributed by atoms with van der Waals surface area (Å²) < 4.78 is 0. The Balaban J connectivity index is 2.57. The van der Waals surface area contributed by atoms with Gasteiger partial charge in [0.1, 0.15) is 5.56 Å². The van der Waals surface area contributed by atoms with Crippen LogP contribution in [0.5, 0.6) is 5.75 Å². The Labute approximate surface area is 103 Å². The van der Waals surface area contributed by atoms with Gasteiger partial charge in [-0.1, -0.05) is 12.1 Å². The van der Waals surface area contributed by atoms with Crippen molar-refractivity contribution < 1.29 is 19.8 Å². The van der Waals surface area contributed by atoms with Gasteiger partial charge in [0.2, 0.25) is 0 Å². The van der Waals surface area contributed by atoms with Crippen molar-refractivity contribution >= 4 is 23.3 Å². The molecule has 0 aliphatic carbocycles. The summed E-state index contributed by atoms with van der Waals surface area (Å²) in [6.45, 7) is 0.225. The molecule has 0 saturated carbocycles. The number of hydrogen-bond acceptors (Lipinski definition) is 4. The highest BCUT2D eigenvalue weighted by molar-refractivity contribution is 7.80. The number of hydrogen-bond donors (Lipinski definition) is 4. The van der Waals surface area contributed by atoms with Gasteiger partial charge in [-0.05, 0) is 24.4 Å². The topological polar surface area (TPSA) is 90.8 Å². The van der Waals surface area contributed by atoms with E-state index < -0.39 is 5.97 Å². The van der Waals surface area contributed by atoms with Crippen LogP contribution in [0.2, 0.25) is 0 Å². The molecule has 0 aromatic heterocycles. The monoisotopic (exact) mass is 256 g/mol. The molecule has 0 radical (unpaired) electrons. The minimum Gasteiger partial charge on any atom is -0.478 e. The summed E-state index contributed by atoms with van der Waals surface area (Å²) >= 11 is 4.82. The van der Waals surface area contributed by atoms with Crippen LogP contribution in [0.15, 0.2) is 24.3 Å². The van der Waals surface area contributed by atoms with Crippen molar-refractivity contribution in [3.8, 4) is 5.75 Å². The Hall–Kier alpha value is -1.86. The molecule has 0 spiro atoms. The van der Waals surface area contributed by atoms with Gasteiger partial charge in [-0.15, -0.1) is 0 Å². The lowest BCUT2D eigenvalue weighted by molar-refractivity contribution is 0.0690. The first-order valence-corrected chi connectivity index (χ1v) is 5.20. The molecule has 0 amide bonds. The zero-order valence-electron chi connectivity index (χ0n) is 8.84. The van der Waals surface area contributed by atoms with E-state index >= 15 is 0 Å². The molecule has 4 N–H and O–H groups in total. The number of thiocarbonyl (C=S) groups is 1. The van der Waals surface area contributed by atoms with Gasteiger partial charge < -0.3 is 20.4 Å².